The van der Waals surface area contributed by atoms with Crippen LogP contribution >= 0.6 is 0 Å². The minimum atomic E-state index is 0.684. The minimum absolute atomic E-state index is 0.684. The van der Waals surface area contributed by atoms with Gasteiger partial charge < -0.3 is 10.5 Å². The van der Waals surface area contributed by atoms with E-state index in [0.29, 0.717) is 6.54 Å². The molecule has 1 aliphatic carbocycles. The van der Waals surface area contributed by atoms with E-state index < -0.39 is 0 Å². The van der Waals surface area contributed by atoms with Gasteiger partial charge in [0, 0.05) is 0 Å². The fourth-order valence-corrected chi connectivity index (χ4v) is 1.87. The highest BCUT2D eigenvalue weighted by Gasteiger charge is 2.18. The molecule has 0 heterocycles. The smallest absolute Gasteiger partial charge is 0.122 e. The second kappa shape index (κ2) is 5.17. The van der Waals surface area contributed by atoms with Crippen molar-refractivity contribution in [2.75, 3.05) is 13.2 Å². The Kier molecular flexibility index (Phi) is 3.62. The third-order valence-corrected chi connectivity index (χ3v) is 3.09. The molecule has 1 aliphatic rings. The van der Waals surface area contributed by atoms with E-state index in [4.69, 9.17) is 10.5 Å². The van der Waals surface area contributed by atoms with Crippen LogP contribution in [0.5, 0.6) is 5.75 Å². The van der Waals surface area contributed by atoms with Gasteiger partial charge in [-0.1, -0.05) is 24.6 Å². The maximum Gasteiger partial charge on any atom is 0.122 e. The van der Waals surface area contributed by atoms with Gasteiger partial charge in [-0.05, 0) is 43.4 Å². The van der Waals surface area contributed by atoms with Crippen molar-refractivity contribution in [1.29, 1.82) is 0 Å². The first-order valence-electron chi connectivity index (χ1n) is 5.81. The van der Waals surface area contributed by atoms with Crippen molar-refractivity contribution in [3.05, 3.63) is 29.8 Å². The third-order valence-electron chi connectivity index (χ3n) is 3.09. The predicted molar refractivity (Wildman–Crippen MR) is 62.0 cm³/mol. The topological polar surface area (TPSA) is 35.2 Å². The molecule has 0 aromatic heterocycles. The molecule has 0 aliphatic heterocycles. The maximum absolute atomic E-state index is 5.84. The Morgan fingerprint density at radius 3 is 2.73 bits per heavy atom. The van der Waals surface area contributed by atoms with Crippen LogP contribution in [0, 0.1) is 5.92 Å². The van der Waals surface area contributed by atoms with E-state index in [9.17, 15) is 0 Å². The summed E-state index contributed by atoms with van der Waals surface area (Å²) in [7, 11) is 0. The highest BCUT2D eigenvalue weighted by atomic mass is 16.5. The molecule has 0 bridgehead atoms. The normalized spacial score (nSPS) is 16.1. The second-order valence-corrected chi connectivity index (χ2v) is 4.25. The van der Waals surface area contributed by atoms with E-state index in [0.717, 1.165) is 24.7 Å². The molecular weight excluding hydrogens is 186 g/mol. The summed E-state index contributed by atoms with van der Waals surface area (Å²) in [5.74, 6) is 1.81. The Morgan fingerprint density at radius 1 is 1.27 bits per heavy atom. The number of benzene rings is 1. The summed E-state index contributed by atoms with van der Waals surface area (Å²) in [6.07, 6.45) is 4.94. The van der Waals surface area contributed by atoms with Crippen molar-refractivity contribution in [2.45, 2.75) is 25.7 Å². The average molecular weight is 205 g/mol. The summed E-state index contributed by atoms with van der Waals surface area (Å²) < 4.78 is 5.84. The number of hydrogen-bond donors (Lipinski definition) is 1. The fourth-order valence-electron chi connectivity index (χ4n) is 1.87. The SMILES string of the molecule is NCCc1ccccc1OCC1CCC1. The number of para-hydroxylation sites is 1. The molecule has 15 heavy (non-hydrogen) atoms. The number of nitrogens with two attached hydrogens (primary N) is 1. The first-order valence-corrected chi connectivity index (χ1v) is 5.81. The highest BCUT2D eigenvalue weighted by molar-refractivity contribution is 5.33. The molecule has 0 saturated heterocycles. The van der Waals surface area contributed by atoms with Crippen molar-refractivity contribution < 1.29 is 4.74 Å². The van der Waals surface area contributed by atoms with Crippen LogP contribution in [0.2, 0.25) is 0 Å². The number of rotatable bonds is 5. The van der Waals surface area contributed by atoms with E-state index in [1.807, 2.05) is 18.2 Å². The molecule has 2 heteroatoms. The molecule has 0 atom stereocenters. The van der Waals surface area contributed by atoms with Crippen molar-refractivity contribution in [3.63, 3.8) is 0 Å². The monoisotopic (exact) mass is 205 g/mol. The van der Waals surface area contributed by atoms with Gasteiger partial charge in [0.05, 0.1) is 6.61 Å². The zero-order valence-electron chi connectivity index (χ0n) is 9.11. The van der Waals surface area contributed by atoms with E-state index in [1.54, 1.807) is 0 Å². The van der Waals surface area contributed by atoms with Crippen LogP contribution in [0.1, 0.15) is 24.8 Å². The Balaban J connectivity index is 1.92. The minimum Gasteiger partial charge on any atom is -0.493 e. The molecular formula is C13H19NO. The molecule has 2 N–H and O–H groups in total. The van der Waals surface area contributed by atoms with Crippen molar-refractivity contribution in [3.8, 4) is 5.75 Å². The quantitative estimate of drug-likeness (QED) is 0.801. The van der Waals surface area contributed by atoms with Gasteiger partial charge in [-0.25, -0.2) is 0 Å². The second-order valence-electron chi connectivity index (χ2n) is 4.25. The first kappa shape index (κ1) is 10.5. The van der Waals surface area contributed by atoms with E-state index >= 15 is 0 Å². The summed E-state index contributed by atoms with van der Waals surface area (Å²) >= 11 is 0. The lowest BCUT2D eigenvalue weighted by Crippen LogP contribution is -2.19. The molecule has 2 rings (SSSR count). The van der Waals surface area contributed by atoms with Gasteiger partial charge >= 0.3 is 0 Å². The van der Waals surface area contributed by atoms with E-state index in [-0.39, 0.29) is 0 Å². The van der Waals surface area contributed by atoms with Crippen molar-refractivity contribution in [2.24, 2.45) is 11.7 Å². The molecule has 0 radical (unpaired) electrons. The van der Waals surface area contributed by atoms with Gasteiger partial charge in [-0.2, -0.15) is 0 Å². The summed E-state index contributed by atoms with van der Waals surface area (Å²) in [5.41, 5.74) is 6.80. The van der Waals surface area contributed by atoms with Gasteiger partial charge in [0.1, 0.15) is 5.75 Å². The highest BCUT2D eigenvalue weighted by Crippen LogP contribution is 2.28. The molecule has 1 saturated carbocycles. The molecule has 0 spiro atoms. The van der Waals surface area contributed by atoms with Crippen LogP contribution in [0.4, 0.5) is 0 Å². The Bertz CT molecular complexity index is 307. The van der Waals surface area contributed by atoms with Crippen molar-refractivity contribution >= 4 is 0 Å². The third kappa shape index (κ3) is 2.72. The van der Waals surface area contributed by atoms with Crippen LogP contribution in [0.3, 0.4) is 0 Å². The van der Waals surface area contributed by atoms with Crippen LogP contribution in [-0.4, -0.2) is 13.2 Å². The fraction of sp³-hybridized carbons (Fsp3) is 0.538. The predicted octanol–water partition coefficient (Wildman–Crippen LogP) is 2.37. The molecule has 1 fully saturated rings. The van der Waals surface area contributed by atoms with E-state index in [2.05, 4.69) is 6.07 Å². The summed E-state index contributed by atoms with van der Waals surface area (Å²) in [4.78, 5) is 0. The molecule has 0 unspecified atom stereocenters. The van der Waals surface area contributed by atoms with Gasteiger partial charge in [0.25, 0.3) is 0 Å². The molecule has 82 valence electrons. The van der Waals surface area contributed by atoms with Crippen molar-refractivity contribution in [1.82, 2.24) is 0 Å². The summed E-state index contributed by atoms with van der Waals surface area (Å²) in [6.45, 7) is 1.56. The van der Waals surface area contributed by atoms with E-state index in [1.165, 1.54) is 24.8 Å². The summed E-state index contributed by atoms with van der Waals surface area (Å²) in [6, 6.07) is 8.21. The van der Waals surface area contributed by atoms with Crippen LogP contribution in [-0.2, 0) is 6.42 Å². The van der Waals surface area contributed by atoms with Gasteiger partial charge in [0.15, 0.2) is 0 Å². The standard InChI is InChI=1S/C13H19NO/c14-9-8-12-6-1-2-7-13(12)15-10-11-4-3-5-11/h1-2,6-7,11H,3-5,8-10,14H2. The Morgan fingerprint density at radius 2 is 2.07 bits per heavy atom. The lowest BCUT2D eigenvalue weighted by atomic mass is 9.86. The van der Waals surface area contributed by atoms with Gasteiger partial charge in [0.2, 0.25) is 0 Å². The molecule has 0 amide bonds. The first-order chi connectivity index (χ1) is 7.40. The lowest BCUT2D eigenvalue weighted by molar-refractivity contribution is 0.179. The van der Waals surface area contributed by atoms with Crippen LogP contribution < -0.4 is 10.5 Å². The largest absolute Gasteiger partial charge is 0.493 e. The van der Waals surface area contributed by atoms with Crippen LogP contribution in [0.25, 0.3) is 0 Å². The zero-order valence-corrected chi connectivity index (χ0v) is 9.11. The Hall–Kier alpha value is -1.02. The van der Waals surface area contributed by atoms with Gasteiger partial charge in [-0.15, -0.1) is 0 Å². The number of hydrogen-bond acceptors (Lipinski definition) is 2. The molecule has 1 aromatic rings. The molecule has 2 nitrogen and oxygen atoms in total. The maximum atomic E-state index is 5.84. The zero-order chi connectivity index (χ0) is 10.5. The number of ether oxygens (including phenoxy) is 1. The summed E-state index contributed by atoms with van der Waals surface area (Å²) in [5, 5.41) is 0. The Labute approximate surface area is 91.4 Å². The lowest BCUT2D eigenvalue weighted by Gasteiger charge is -2.25. The van der Waals surface area contributed by atoms with Crippen LogP contribution in [0.15, 0.2) is 24.3 Å². The van der Waals surface area contributed by atoms with Gasteiger partial charge in [-0.3, -0.25) is 0 Å². The average Bonchev–Trinajstić information content (AvgIpc) is 2.18. The molecule has 1 aromatic carbocycles.